The first-order chi connectivity index (χ1) is 6.40. The minimum atomic E-state index is 0.167. The molecule has 0 radical (unpaired) electrons. The van der Waals surface area contributed by atoms with Crippen LogP contribution in [0.4, 0.5) is 0 Å². The summed E-state index contributed by atoms with van der Waals surface area (Å²) < 4.78 is 0. The molecule has 72 valence electrons. The van der Waals surface area contributed by atoms with Gasteiger partial charge in [-0.3, -0.25) is 0 Å². The van der Waals surface area contributed by atoms with Crippen LogP contribution in [-0.2, 0) is 6.61 Å². The molecule has 1 aromatic carbocycles. The minimum absolute atomic E-state index is 0.167. The molecule has 1 aliphatic rings. The smallest absolute Gasteiger partial charge is 0.0681 e. The van der Waals surface area contributed by atoms with Crippen molar-refractivity contribution in [1.82, 2.24) is 0 Å². The summed E-state index contributed by atoms with van der Waals surface area (Å²) >= 11 is 0. The van der Waals surface area contributed by atoms with Gasteiger partial charge in [-0.1, -0.05) is 38.1 Å². The van der Waals surface area contributed by atoms with Crippen molar-refractivity contribution >= 4 is 0 Å². The third-order valence-corrected chi connectivity index (χ3v) is 2.18. The monoisotopic (exact) mass is 178 g/mol. The lowest BCUT2D eigenvalue weighted by Crippen LogP contribution is -1.85. The number of benzene rings is 1. The molecule has 0 aliphatic heterocycles. The number of aliphatic hydroxyl groups excluding tert-OH is 1. The van der Waals surface area contributed by atoms with Crippen LogP contribution in [0.5, 0.6) is 0 Å². The van der Waals surface area contributed by atoms with Gasteiger partial charge in [-0.05, 0) is 29.9 Å². The zero-order valence-corrected chi connectivity index (χ0v) is 8.46. The molecule has 0 unspecified atom stereocenters. The van der Waals surface area contributed by atoms with Crippen LogP contribution in [-0.4, -0.2) is 5.11 Å². The molecule has 0 heterocycles. The van der Waals surface area contributed by atoms with E-state index in [0.29, 0.717) is 0 Å². The Kier molecular flexibility index (Phi) is 3.97. The van der Waals surface area contributed by atoms with Crippen molar-refractivity contribution < 1.29 is 5.11 Å². The van der Waals surface area contributed by atoms with Gasteiger partial charge in [0.15, 0.2) is 0 Å². The summed E-state index contributed by atoms with van der Waals surface area (Å²) in [4.78, 5) is 0. The Hall–Kier alpha value is -0.820. The van der Waals surface area contributed by atoms with E-state index in [0.717, 1.165) is 11.5 Å². The summed E-state index contributed by atoms with van der Waals surface area (Å²) in [6.45, 7) is 4.17. The highest BCUT2D eigenvalue weighted by Gasteiger charge is 2.22. The highest BCUT2D eigenvalue weighted by molar-refractivity contribution is 5.28. The topological polar surface area (TPSA) is 20.2 Å². The van der Waals surface area contributed by atoms with Crippen LogP contribution >= 0.6 is 0 Å². The van der Waals surface area contributed by atoms with Crippen molar-refractivity contribution in [3.8, 4) is 0 Å². The molecule has 13 heavy (non-hydrogen) atoms. The summed E-state index contributed by atoms with van der Waals surface area (Å²) in [5, 5.41) is 8.86. The van der Waals surface area contributed by atoms with Crippen LogP contribution < -0.4 is 0 Å². The SMILES string of the molecule is CC.OCc1cccc(C2CC2)c1. The Morgan fingerprint density at radius 1 is 1.31 bits per heavy atom. The van der Waals surface area contributed by atoms with Gasteiger partial charge in [-0.25, -0.2) is 0 Å². The number of hydrogen-bond donors (Lipinski definition) is 1. The average Bonchev–Trinajstić information content (AvgIpc) is 3.04. The van der Waals surface area contributed by atoms with Crippen LogP contribution in [0.2, 0.25) is 0 Å². The quantitative estimate of drug-likeness (QED) is 0.738. The second-order valence-electron chi connectivity index (χ2n) is 3.18. The Balaban J connectivity index is 0.000000396. The van der Waals surface area contributed by atoms with Crippen molar-refractivity contribution in [2.75, 3.05) is 0 Å². The fourth-order valence-corrected chi connectivity index (χ4v) is 1.36. The maximum Gasteiger partial charge on any atom is 0.0681 e. The third-order valence-electron chi connectivity index (χ3n) is 2.18. The predicted molar refractivity (Wildman–Crippen MR) is 55.7 cm³/mol. The minimum Gasteiger partial charge on any atom is -0.392 e. The molecule has 1 aliphatic carbocycles. The maximum atomic E-state index is 8.86. The van der Waals surface area contributed by atoms with Crippen molar-refractivity contribution in [1.29, 1.82) is 0 Å². The highest BCUT2D eigenvalue weighted by atomic mass is 16.3. The predicted octanol–water partition coefficient (Wildman–Crippen LogP) is 3.08. The second-order valence-corrected chi connectivity index (χ2v) is 3.18. The summed E-state index contributed by atoms with van der Waals surface area (Å²) in [5.74, 6) is 0.793. The van der Waals surface area contributed by atoms with E-state index >= 15 is 0 Å². The van der Waals surface area contributed by atoms with Crippen LogP contribution in [0.3, 0.4) is 0 Å². The largest absolute Gasteiger partial charge is 0.392 e. The van der Waals surface area contributed by atoms with Gasteiger partial charge >= 0.3 is 0 Å². The number of hydrogen-bond acceptors (Lipinski definition) is 1. The first-order valence-corrected chi connectivity index (χ1v) is 5.10. The van der Waals surface area contributed by atoms with Gasteiger partial charge in [0.05, 0.1) is 6.61 Å². The molecule has 1 heteroatoms. The second kappa shape index (κ2) is 5.03. The van der Waals surface area contributed by atoms with E-state index in [9.17, 15) is 0 Å². The molecule has 2 rings (SSSR count). The molecular weight excluding hydrogens is 160 g/mol. The molecule has 1 fully saturated rings. The molecule has 0 saturated heterocycles. The summed E-state index contributed by atoms with van der Waals surface area (Å²) in [6, 6.07) is 8.25. The zero-order valence-electron chi connectivity index (χ0n) is 8.46. The third kappa shape index (κ3) is 2.85. The van der Waals surface area contributed by atoms with Gasteiger partial charge in [0.25, 0.3) is 0 Å². The zero-order chi connectivity index (χ0) is 9.68. The normalized spacial score (nSPS) is 14.7. The molecule has 1 saturated carbocycles. The maximum absolute atomic E-state index is 8.86. The van der Waals surface area contributed by atoms with Gasteiger partial charge in [0, 0.05) is 0 Å². The van der Waals surface area contributed by atoms with E-state index in [1.807, 2.05) is 26.0 Å². The molecule has 0 spiro atoms. The van der Waals surface area contributed by atoms with Crippen LogP contribution in [0.25, 0.3) is 0 Å². The van der Waals surface area contributed by atoms with Crippen LogP contribution in [0.15, 0.2) is 24.3 Å². The summed E-state index contributed by atoms with van der Waals surface area (Å²) in [6.07, 6.45) is 2.66. The van der Waals surface area contributed by atoms with Crippen molar-refractivity contribution in [2.45, 2.75) is 39.2 Å². The highest BCUT2D eigenvalue weighted by Crippen LogP contribution is 2.40. The molecule has 1 N–H and O–H groups in total. The molecule has 0 amide bonds. The summed E-state index contributed by atoms with van der Waals surface area (Å²) in [7, 11) is 0. The van der Waals surface area contributed by atoms with Crippen molar-refractivity contribution in [3.05, 3.63) is 35.4 Å². The number of aliphatic hydroxyl groups is 1. The lowest BCUT2D eigenvalue weighted by Gasteiger charge is -1.99. The van der Waals surface area contributed by atoms with E-state index in [2.05, 4.69) is 12.1 Å². The van der Waals surface area contributed by atoms with E-state index in [4.69, 9.17) is 5.11 Å². The number of rotatable bonds is 2. The Morgan fingerprint density at radius 3 is 2.54 bits per heavy atom. The van der Waals surface area contributed by atoms with E-state index in [1.54, 1.807) is 0 Å². The van der Waals surface area contributed by atoms with E-state index < -0.39 is 0 Å². The van der Waals surface area contributed by atoms with Gasteiger partial charge in [-0.2, -0.15) is 0 Å². The van der Waals surface area contributed by atoms with Crippen molar-refractivity contribution in [2.24, 2.45) is 0 Å². The van der Waals surface area contributed by atoms with Crippen molar-refractivity contribution in [3.63, 3.8) is 0 Å². The molecule has 1 aromatic rings. The summed E-state index contributed by atoms with van der Waals surface area (Å²) in [5.41, 5.74) is 2.44. The van der Waals surface area contributed by atoms with Gasteiger partial charge in [-0.15, -0.1) is 0 Å². The van der Waals surface area contributed by atoms with Crippen LogP contribution in [0.1, 0.15) is 43.7 Å². The standard InChI is InChI=1S/C10H12O.C2H6/c11-7-8-2-1-3-10(6-8)9-4-5-9;1-2/h1-3,6,9,11H,4-5,7H2;1-2H3. The molecule has 1 nitrogen and oxygen atoms in total. The molecule has 0 bridgehead atoms. The van der Waals surface area contributed by atoms with Gasteiger partial charge in [0.1, 0.15) is 0 Å². The average molecular weight is 178 g/mol. The Morgan fingerprint density at radius 2 is 2.00 bits per heavy atom. The first kappa shape index (κ1) is 10.3. The fraction of sp³-hybridized carbons (Fsp3) is 0.500. The van der Waals surface area contributed by atoms with E-state index in [1.165, 1.54) is 18.4 Å². The van der Waals surface area contributed by atoms with E-state index in [-0.39, 0.29) is 6.61 Å². The van der Waals surface area contributed by atoms with Gasteiger partial charge < -0.3 is 5.11 Å². The molecular formula is C12H18O. The first-order valence-electron chi connectivity index (χ1n) is 5.10. The van der Waals surface area contributed by atoms with Crippen LogP contribution in [0, 0.1) is 0 Å². The Labute approximate surface area is 80.4 Å². The molecule has 0 aromatic heterocycles. The van der Waals surface area contributed by atoms with Gasteiger partial charge in [0.2, 0.25) is 0 Å². The lowest BCUT2D eigenvalue weighted by atomic mass is 10.1. The Bertz CT molecular complexity index is 251. The lowest BCUT2D eigenvalue weighted by molar-refractivity contribution is 0.281. The fourth-order valence-electron chi connectivity index (χ4n) is 1.36. The molecule has 0 atom stereocenters.